The first kappa shape index (κ1) is 16.5. The van der Waals surface area contributed by atoms with E-state index in [-0.39, 0.29) is 0 Å². The summed E-state index contributed by atoms with van der Waals surface area (Å²) in [6.45, 7) is 13.7. The van der Waals surface area contributed by atoms with Crippen molar-refractivity contribution in [2.45, 2.75) is 65.6 Å². The van der Waals surface area contributed by atoms with E-state index in [2.05, 4.69) is 52.9 Å². The summed E-state index contributed by atoms with van der Waals surface area (Å²) in [6, 6.07) is 5.91. The first-order valence-electron chi connectivity index (χ1n) is 7.39. The summed E-state index contributed by atoms with van der Waals surface area (Å²) < 4.78 is 5.63. The molecule has 1 aromatic rings. The van der Waals surface area contributed by atoms with Gasteiger partial charge in [-0.25, -0.2) is 0 Å². The zero-order valence-electron chi connectivity index (χ0n) is 13.8. The lowest BCUT2D eigenvalue weighted by atomic mass is 9.89. The number of hydrogen-bond acceptors (Lipinski definition) is 1. The number of aryl methyl sites for hydroxylation is 2. The normalized spacial score (nSPS) is 13.6. The van der Waals surface area contributed by atoms with Crippen molar-refractivity contribution in [3.8, 4) is 0 Å². The number of benzene rings is 1. The molecule has 0 aliphatic carbocycles. The van der Waals surface area contributed by atoms with E-state index in [0.717, 1.165) is 0 Å². The van der Waals surface area contributed by atoms with Gasteiger partial charge in [-0.1, -0.05) is 31.0 Å². The maximum Gasteiger partial charge on any atom is 0.186 e. The van der Waals surface area contributed by atoms with Crippen LogP contribution in [0.15, 0.2) is 12.1 Å². The van der Waals surface area contributed by atoms with E-state index in [4.69, 9.17) is 4.43 Å². The fourth-order valence-corrected chi connectivity index (χ4v) is 3.94. The molecule has 0 bridgehead atoms. The third kappa shape index (κ3) is 4.77. The van der Waals surface area contributed by atoms with Gasteiger partial charge in [0.2, 0.25) is 0 Å². The van der Waals surface area contributed by atoms with E-state index in [1.807, 2.05) is 7.11 Å². The minimum Gasteiger partial charge on any atom is -0.420 e. The Hall–Kier alpha value is -0.603. The van der Waals surface area contributed by atoms with Crippen molar-refractivity contribution in [1.82, 2.24) is 0 Å². The van der Waals surface area contributed by atoms with Crippen LogP contribution in [0.4, 0.5) is 0 Å². The van der Waals surface area contributed by atoms with Gasteiger partial charge in [0, 0.05) is 7.11 Å². The Morgan fingerprint density at radius 1 is 1.16 bits per heavy atom. The Labute approximate surface area is 120 Å². The van der Waals surface area contributed by atoms with Gasteiger partial charge >= 0.3 is 0 Å². The monoisotopic (exact) mass is 278 g/mol. The smallest absolute Gasteiger partial charge is 0.186 e. The summed E-state index contributed by atoms with van der Waals surface area (Å²) >= 11 is 0. The van der Waals surface area contributed by atoms with Gasteiger partial charge in [-0.2, -0.15) is 0 Å². The average Bonchev–Trinajstić information content (AvgIpc) is 2.33. The zero-order chi connectivity index (χ0) is 14.6. The fourth-order valence-electron chi connectivity index (χ4n) is 2.68. The van der Waals surface area contributed by atoms with Gasteiger partial charge in [0.1, 0.15) is 0 Å². The van der Waals surface area contributed by atoms with Gasteiger partial charge in [-0.3, -0.25) is 0 Å². The second-order valence-electron chi connectivity index (χ2n) is 6.55. The average molecular weight is 279 g/mol. The van der Waals surface area contributed by atoms with Crippen molar-refractivity contribution in [3.05, 3.63) is 34.4 Å². The lowest BCUT2D eigenvalue weighted by Crippen LogP contribution is -2.28. The topological polar surface area (TPSA) is 9.23 Å². The van der Waals surface area contributed by atoms with Crippen LogP contribution in [0.3, 0.4) is 0 Å². The second kappa shape index (κ2) is 6.71. The molecule has 0 spiro atoms. The van der Waals surface area contributed by atoms with Gasteiger partial charge in [0.25, 0.3) is 0 Å². The summed E-state index contributed by atoms with van der Waals surface area (Å²) in [5.41, 5.74) is 5.82. The van der Waals surface area contributed by atoms with Crippen molar-refractivity contribution in [2.75, 3.05) is 7.11 Å². The van der Waals surface area contributed by atoms with E-state index < -0.39 is 8.32 Å². The largest absolute Gasteiger partial charge is 0.420 e. The standard InChI is InChI=1S/C17H30OSi/c1-13-11-15(3)16(4)17(12-13)14(2)9-8-10-19(6,7)18-5/h11-12,14H,8-10H2,1-7H3. The molecule has 1 unspecified atom stereocenters. The molecule has 1 aromatic carbocycles. The molecule has 1 nitrogen and oxygen atoms in total. The van der Waals surface area contributed by atoms with Gasteiger partial charge in [0.15, 0.2) is 8.32 Å². The summed E-state index contributed by atoms with van der Waals surface area (Å²) in [5, 5.41) is 0. The van der Waals surface area contributed by atoms with Gasteiger partial charge < -0.3 is 4.43 Å². The number of hydrogen-bond donors (Lipinski definition) is 0. The molecule has 0 saturated carbocycles. The Morgan fingerprint density at radius 3 is 2.37 bits per heavy atom. The predicted octanol–water partition coefficient (Wildman–Crippen LogP) is 5.35. The fraction of sp³-hybridized carbons (Fsp3) is 0.647. The minimum atomic E-state index is -1.38. The highest BCUT2D eigenvalue weighted by atomic mass is 28.4. The van der Waals surface area contributed by atoms with Crippen LogP contribution in [0.5, 0.6) is 0 Å². The van der Waals surface area contributed by atoms with Crippen molar-refractivity contribution < 1.29 is 4.43 Å². The summed E-state index contributed by atoms with van der Waals surface area (Å²) in [5.74, 6) is 0.653. The summed E-state index contributed by atoms with van der Waals surface area (Å²) in [6.07, 6.45) is 2.55. The minimum absolute atomic E-state index is 0.653. The highest BCUT2D eigenvalue weighted by Crippen LogP contribution is 2.28. The maximum absolute atomic E-state index is 5.63. The SMILES string of the molecule is CO[Si](C)(C)CCCC(C)c1cc(C)cc(C)c1C. The third-order valence-corrected chi connectivity index (χ3v) is 7.01. The van der Waals surface area contributed by atoms with Crippen LogP contribution in [0.1, 0.15) is 47.9 Å². The first-order valence-corrected chi connectivity index (χ1v) is 10.5. The van der Waals surface area contributed by atoms with Crippen LogP contribution in [-0.2, 0) is 4.43 Å². The molecule has 108 valence electrons. The van der Waals surface area contributed by atoms with Crippen LogP contribution >= 0.6 is 0 Å². The van der Waals surface area contributed by atoms with Crippen molar-refractivity contribution in [3.63, 3.8) is 0 Å². The zero-order valence-corrected chi connectivity index (χ0v) is 14.8. The Balaban J connectivity index is 2.66. The van der Waals surface area contributed by atoms with Crippen LogP contribution in [0.25, 0.3) is 0 Å². The quantitative estimate of drug-likeness (QED) is 0.638. The molecule has 0 heterocycles. The van der Waals surface area contributed by atoms with E-state index >= 15 is 0 Å². The van der Waals surface area contributed by atoms with E-state index in [1.54, 1.807) is 0 Å². The number of rotatable bonds is 6. The second-order valence-corrected chi connectivity index (χ2v) is 11.0. The maximum atomic E-state index is 5.63. The molecule has 0 N–H and O–H groups in total. The molecule has 0 saturated heterocycles. The lowest BCUT2D eigenvalue weighted by Gasteiger charge is -2.22. The molecule has 0 aromatic heterocycles. The van der Waals surface area contributed by atoms with Crippen LogP contribution in [-0.4, -0.2) is 15.4 Å². The molecular weight excluding hydrogens is 248 g/mol. The molecule has 0 radical (unpaired) electrons. The Bertz CT molecular complexity index is 424. The van der Waals surface area contributed by atoms with Crippen LogP contribution < -0.4 is 0 Å². The van der Waals surface area contributed by atoms with Crippen molar-refractivity contribution in [2.24, 2.45) is 0 Å². The molecule has 0 fully saturated rings. The van der Waals surface area contributed by atoms with Crippen LogP contribution in [0, 0.1) is 20.8 Å². The molecule has 2 heteroatoms. The Kier molecular flexibility index (Phi) is 5.81. The van der Waals surface area contributed by atoms with Gasteiger partial charge in [-0.05, 0) is 68.9 Å². The van der Waals surface area contributed by atoms with E-state index in [9.17, 15) is 0 Å². The van der Waals surface area contributed by atoms with Gasteiger partial charge in [-0.15, -0.1) is 0 Å². The summed E-state index contributed by atoms with van der Waals surface area (Å²) in [4.78, 5) is 0. The highest BCUT2D eigenvalue weighted by molar-refractivity contribution is 6.71. The highest BCUT2D eigenvalue weighted by Gasteiger charge is 2.20. The molecule has 0 aliphatic heterocycles. The van der Waals surface area contributed by atoms with E-state index in [0.29, 0.717) is 5.92 Å². The van der Waals surface area contributed by atoms with Crippen molar-refractivity contribution in [1.29, 1.82) is 0 Å². The molecule has 1 rings (SSSR count). The molecule has 1 atom stereocenters. The van der Waals surface area contributed by atoms with Crippen LogP contribution in [0.2, 0.25) is 19.1 Å². The van der Waals surface area contributed by atoms with Gasteiger partial charge in [0.05, 0.1) is 0 Å². The lowest BCUT2D eigenvalue weighted by molar-refractivity contribution is 0.400. The third-order valence-electron chi connectivity index (χ3n) is 4.35. The molecule has 0 aliphatic rings. The first-order chi connectivity index (χ1) is 8.76. The molecule has 0 amide bonds. The molecule has 19 heavy (non-hydrogen) atoms. The molecular formula is C17H30OSi. The predicted molar refractivity (Wildman–Crippen MR) is 87.6 cm³/mol. The van der Waals surface area contributed by atoms with E-state index in [1.165, 1.54) is 41.1 Å². The Morgan fingerprint density at radius 2 is 1.79 bits per heavy atom. The summed E-state index contributed by atoms with van der Waals surface area (Å²) in [7, 11) is 0.484. The van der Waals surface area contributed by atoms with Crippen molar-refractivity contribution >= 4 is 8.32 Å².